The molecule has 0 saturated heterocycles. The Bertz CT molecular complexity index is 926. The molecule has 1 aromatic heterocycles. The van der Waals surface area contributed by atoms with Crippen LogP contribution < -0.4 is 4.74 Å². The Kier molecular flexibility index (Phi) is 4.98. The van der Waals surface area contributed by atoms with Gasteiger partial charge in [0.1, 0.15) is 11.5 Å². The summed E-state index contributed by atoms with van der Waals surface area (Å²) in [5.74, 6) is 0.154. The normalized spacial score (nSPS) is 10.7. The first-order valence-corrected chi connectivity index (χ1v) is 8.36. The van der Waals surface area contributed by atoms with Crippen molar-refractivity contribution in [3.8, 4) is 28.4 Å². The minimum absolute atomic E-state index is 0.0587. The molecule has 0 aliphatic rings. The lowest BCUT2D eigenvalue weighted by Gasteiger charge is -2.16. The molecule has 0 aliphatic carbocycles. The van der Waals surface area contributed by atoms with Crippen molar-refractivity contribution in [2.75, 3.05) is 7.11 Å². The van der Waals surface area contributed by atoms with Gasteiger partial charge in [-0.15, -0.1) is 0 Å². The molecule has 26 heavy (non-hydrogen) atoms. The van der Waals surface area contributed by atoms with Gasteiger partial charge in [-0.05, 0) is 79.1 Å². The van der Waals surface area contributed by atoms with Crippen molar-refractivity contribution < 1.29 is 19.7 Å². The molecule has 0 bridgehead atoms. The van der Waals surface area contributed by atoms with Gasteiger partial charge < -0.3 is 19.5 Å². The third-order valence-electron chi connectivity index (χ3n) is 4.36. The van der Waals surface area contributed by atoms with Crippen LogP contribution in [0.25, 0.3) is 16.9 Å². The zero-order valence-corrected chi connectivity index (χ0v) is 14.8. The van der Waals surface area contributed by atoms with Crippen molar-refractivity contribution in [2.45, 2.75) is 19.8 Å². The quantitative estimate of drug-likeness (QED) is 0.699. The van der Waals surface area contributed by atoms with E-state index in [9.17, 15) is 9.90 Å². The van der Waals surface area contributed by atoms with Crippen molar-refractivity contribution in [2.24, 2.45) is 0 Å². The summed E-state index contributed by atoms with van der Waals surface area (Å²) in [6.45, 7) is 1.92. The van der Waals surface area contributed by atoms with Crippen LogP contribution in [0.3, 0.4) is 0 Å². The van der Waals surface area contributed by atoms with Gasteiger partial charge in [-0.1, -0.05) is 0 Å². The lowest BCUT2D eigenvalue weighted by Crippen LogP contribution is -2.06. The number of aromatic hydroxyl groups is 1. The van der Waals surface area contributed by atoms with Gasteiger partial charge in [0, 0.05) is 11.4 Å². The van der Waals surface area contributed by atoms with Crippen LogP contribution in [0.1, 0.15) is 17.7 Å². The number of nitrogens with zero attached hydrogens (tertiary/aromatic N) is 1. The number of methoxy groups -OCH3 is 1. The summed E-state index contributed by atoms with van der Waals surface area (Å²) < 4.78 is 7.28. The maximum absolute atomic E-state index is 11.0. The van der Waals surface area contributed by atoms with Crippen molar-refractivity contribution in [1.82, 2.24) is 4.57 Å². The number of aliphatic carboxylic acids is 1. The predicted octanol–water partition coefficient (Wildman–Crippen LogP) is 4.18. The van der Waals surface area contributed by atoms with E-state index in [0.29, 0.717) is 6.42 Å². The van der Waals surface area contributed by atoms with E-state index in [2.05, 4.69) is 4.57 Å². The molecule has 0 saturated carbocycles. The molecule has 0 atom stereocenters. The van der Waals surface area contributed by atoms with Crippen LogP contribution in [0.4, 0.5) is 0 Å². The highest BCUT2D eigenvalue weighted by molar-refractivity contribution is 5.68. The molecule has 2 aromatic carbocycles. The number of hydrogen-bond donors (Lipinski definition) is 2. The number of aromatic nitrogens is 1. The fraction of sp³-hybridized carbons (Fsp3) is 0.190. The summed E-state index contributed by atoms with van der Waals surface area (Å²) in [5, 5.41) is 18.8. The monoisotopic (exact) mass is 351 g/mol. The zero-order chi connectivity index (χ0) is 18.7. The highest BCUT2D eigenvalue weighted by Crippen LogP contribution is 2.31. The Morgan fingerprint density at radius 3 is 2.42 bits per heavy atom. The number of carbonyl (C=O) groups is 1. The molecular weight excluding hydrogens is 330 g/mol. The number of carboxylic acid groups (broad SMARTS) is 1. The summed E-state index contributed by atoms with van der Waals surface area (Å²) in [4.78, 5) is 11.0. The fourth-order valence-electron chi connectivity index (χ4n) is 3.07. The lowest BCUT2D eigenvalue weighted by atomic mass is 10.1. The van der Waals surface area contributed by atoms with Crippen LogP contribution in [0, 0.1) is 6.92 Å². The molecule has 0 aliphatic heterocycles. The van der Waals surface area contributed by atoms with E-state index < -0.39 is 5.97 Å². The predicted molar refractivity (Wildman–Crippen MR) is 100 cm³/mol. The molecule has 0 spiro atoms. The first-order valence-electron chi connectivity index (χ1n) is 8.36. The van der Waals surface area contributed by atoms with Gasteiger partial charge in [-0.3, -0.25) is 4.79 Å². The molecule has 0 fully saturated rings. The number of benzene rings is 2. The van der Waals surface area contributed by atoms with E-state index in [1.54, 1.807) is 19.2 Å². The summed E-state index contributed by atoms with van der Waals surface area (Å²) in [5.41, 5.74) is 4.69. The van der Waals surface area contributed by atoms with Crippen molar-refractivity contribution in [3.63, 3.8) is 0 Å². The summed E-state index contributed by atoms with van der Waals surface area (Å²) in [6.07, 6.45) is 0.481. The second-order valence-corrected chi connectivity index (χ2v) is 6.14. The molecule has 3 rings (SSSR count). The van der Waals surface area contributed by atoms with Gasteiger partial charge in [0.05, 0.1) is 19.2 Å². The largest absolute Gasteiger partial charge is 0.508 e. The van der Waals surface area contributed by atoms with Gasteiger partial charge in [-0.25, -0.2) is 0 Å². The third kappa shape index (κ3) is 3.57. The highest BCUT2D eigenvalue weighted by Gasteiger charge is 2.15. The number of rotatable bonds is 6. The van der Waals surface area contributed by atoms with Gasteiger partial charge in [0.15, 0.2) is 0 Å². The highest BCUT2D eigenvalue weighted by atomic mass is 16.5. The average molecular weight is 351 g/mol. The third-order valence-corrected chi connectivity index (χ3v) is 4.36. The standard InChI is InChI=1S/C21H21NO4/c1-14-13-17(23)7-11-19(14)22-16(6-12-21(24)25)5-10-20(22)15-3-8-18(26-2)9-4-15/h3-5,7-11,13,23H,6,12H2,1-2H3,(H,24,25). The smallest absolute Gasteiger partial charge is 0.303 e. The molecule has 5 heteroatoms. The van der Waals surface area contributed by atoms with Crippen LogP contribution in [-0.4, -0.2) is 27.9 Å². The minimum atomic E-state index is -0.828. The van der Waals surface area contributed by atoms with E-state index in [1.165, 1.54) is 0 Å². The van der Waals surface area contributed by atoms with Crippen LogP contribution in [0.5, 0.6) is 11.5 Å². The summed E-state index contributed by atoms with van der Waals surface area (Å²) >= 11 is 0. The van der Waals surface area contributed by atoms with Gasteiger partial charge in [0.2, 0.25) is 0 Å². The Labute approximate surface area is 152 Å². The average Bonchev–Trinajstić information content (AvgIpc) is 3.03. The molecule has 0 radical (unpaired) electrons. The Morgan fingerprint density at radius 1 is 1.08 bits per heavy atom. The maximum Gasteiger partial charge on any atom is 0.303 e. The minimum Gasteiger partial charge on any atom is -0.508 e. The SMILES string of the molecule is COc1ccc(-c2ccc(CCC(=O)O)n2-c2ccc(O)cc2C)cc1. The molecule has 0 amide bonds. The Balaban J connectivity index is 2.13. The molecule has 134 valence electrons. The van der Waals surface area contributed by atoms with E-state index in [1.807, 2.05) is 49.4 Å². The number of ether oxygens (including phenoxy) is 1. The van der Waals surface area contributed by atoms with Crippen molar-refractivity contribution in [1.29, 1.82) is 0 Å². The van der Waals surface area contributed by atoms with E-state index >= 15 is 0 Å². The molecular formula is C21H21NO4. The van der Waals surface area contributed by atoms with Gasteiger partial charge >= 0.3 is 5.97 Å². The number of phenolic OH excluding ortho intramolecular Hbond substituents is 1. The first kappa shape index (κ1) is 17.6. The summed E-state index contributed by atoms with van der Waals surface area (Å²) in [7, 11) is 1.63. The number of carboxylic acids is 1. The second-order valence-electron chi connectivity index (χ2n) is 6.14. The molecule has 0 unspecified atom stereocenters. The van der Waals surface area contributed by atoms with Crippen LogP contribution in [-0.2, 0) is 11.2 Å². The Morgan fingerprint density at radius 2 is 1.81 bits per heavy atom. The number of phenols is 1. The first-order chi connectivity index (χ1) is 12.5. The fourth-order valence-corrected chi connectivity index (χ4v) is 3.07. The van der Waals surface area contributed by atoms with E-state index in [0.717, 1.165) is 34.0 Å². The lowest BCUT2D eigenvalue weighted by molar-refractivity contribution is -0.136. The number of aryl methyl sites for hydroxylation is 2. The van der Waals surface area contributed by atoms with Crippen LogP contribution in [0.15, 0.2) is 54.6 Å². The molecule has 1 heterocycles. The van der Waals surface area contributed by atoms with E-state index in [-0.39, 0.29) is 12.2 Å². The van der Waals surface area contributed by atoms with Crippen LogP contribution >= 0.6 is 0 Å². The molecule has 5 nitrogen and oxygen atoms in total. The van der Waals surface area contributed by atoms with Crippen LogP contribution in [0.2, 0.25) is 0 Å². The Hall–Kier alpha value is -3.21. The van der Waals surface area contributed by atoms with E-state index in [4.69, 9.17) is 9.84 Å². The van der Waals surface area contributed by atoms with Crippen molar-refractivity contribution in [3.05, 3.63) is 65.9 Å². The van der Waals surface area contributed by atoms with Gasteiger partial charge in [-0.2, -0.15) is 0 Å². The molecule has 3 aromatic rings. The van der Waals surface area contributed by atoms with Crippen molar-refractivity contribution >= 4 is 5.97 Å². The van der Waals surface area contributed by atoms with Gasteiger partial charge in [0.25, 0.3) is 0 Å². The second kappa shape index (κ2) is 7.35. The topological polar surface area (TPSA) is 71.7 Å². The summed E-state index contributed by atoms with van der Waals surface area (Å²) in [6, 6.07) is 16.9. The zero-order valence-electron chi connectivity index (χ0n) is 14.8. The number of hydrogen-bond acceptors (Lipinski definition) is 3. The molecule has 2 N–H and O–H groups in total. The maximum atomic E-state index is 11.0.